The van der Waals surface area contributed by atoms with Gasteiger partial charge in [0.1, 0.15) is 0 Å². The molecule has 2 rings (SSSR count). The third kappa shape index (κ3) is 2.74. The van der Waals surface area contributed by atoms with Gasteiger partial charge in [-0.3, -0.25) is 0 Å². The maximum atomic E-state index is 8.52. The van der Waals surface area contributed by atoms with E-state index in [4.69, 9.17) is 5.26 Å². The van der Waals surface area contributed by atoms with Crippen molar-refractivity contribution in [3.63, 3.8) is 0 Å². The molecule has 1 aromatic rings. The van der Waals surface area contributed by atoms with Gasteiger partial charge >= 0.3 is 0 Å². The molecule has 0 saturated carbocycles. The smallest absolute Gasteiger partial charge is 0.0625 e. The van der Waals surface area contributed by atoms with Crippen LogP contribution >= 0.6 is 0 Å². The van der Waals surface area contributed by atoms with Crippen molar-refractivity contribution < 1.29 is 0 Å². The summed E-state index contributed by atoms with van der Waals surface area (Å²) < 4.78 is 0. The van der Waals surface area contributed by atoms with Gasteiger partial charge in [-0.05, 0) is 24.1 Å². The summed E-state index contributed by atoms with van der Waals surface area (Å²) in [7, 11) is 0. The van der Waals surface area contributed by atoms with E-state index in [1.807, 2.05) is 0 Å². The van der Waals surface area contributed by atoms with Crippen LogP contribution in [-0.2, 0) is 6.42 Å². The van der Waals surface area contributed by atoms with E-state index in [-0.39, 0.29) is 0 Å². The molecule has 16 heavy (non-hydrogen) atoms. The Kier molecular flexibility index (Phi) is 3.79. The highest BCUT2D eigenvalue weighted by Gasteiger charge is 2.09. The number of nitrogens with zero attached hydrogens (tertiary/aromatic N) is 2. The normalized spacial score (nSPS) is 15.8. The lowest BCUT2D eigenvalue weighted by Crippen LogP contribution is -2.43. The van der Waals surface area contributed by atoms with Crippen LogP contribution in [0.1, 0.15) is 12.0 Å². The zero-order valence-electron chi connectivity index (χ0n) is 9.45. The first kappa shape index (κ1) is 11.0. The molecule has 0 bridgehead atoms. The summed E-state index contributed by atoms with van der Waals surface area (Å²) in [5.41, 5.74) is 2.54. The van der Waals surface area contributed by atoms with E-state index >= 15 is 0 Å². The third-order valence-electron chi connectivity index (χ3n) is 2.94. The number of benzene rings is 1. The lowest BCUT2D eigenvalue weighted by molar-refractivity contribution is 0.589. The SMILES string of the molecule is N#CCCc1ccc(N2CCNCC2)cc1. The van der Waals surface area contributed by atoms with E-state index in [9.17, 15) is 0 Å². The Morgan fingerprint density at radius 2 is 1.88 bits per heavy atom. The highest BCUT2D eigenvalue weighted by atomic mass is 15.2. The number of nitriles is 1. The third-order valence-corrected chi connectivity index (χ3v) is 2.94. The zero-order chi connectivity index (χ0) is 11.2. The Bertz CT molecular complexity index is 358. The summed E-state index contributed by atoms with van der Waals surface area (Å²) in [4.78, 5) is 2.39. The predicted octanol–water partition coefficient (Wildman–Crippen LogP) is 1.55. The molecule has 1 fully saturated rings. The summed E-state index contributed by atoms with van der Waals surface area (Å²) in [5, 5.41) is 11.9. The van der Waals surface area contributed by atoms with Crippen molar-refractivity contribution in [2.75, 3.05) is 31.1 Å². The average molecular weight is 215 g/mol. The van der Waals surface area contributed by atoms with Gasteiger partial charge in [0.2, 0.25) is 0 Å². The molecule has 0 aliphatic carbocycles. The molecule has 0 amide bonds. The highest BCUT2D eigenvalue weighted by molar-refractivity contribution is 5.48. The van der Waals surface area contributed by atoms with Crippen LogP contribution in [0.4, 0.5) is 5.69 Å². The van der Waals surface area contributed by atoms with Crippen molar-refractivity contribution in [1.29, 1.82) is 5.26 Å². The van der Waals surface area contributed by atoms with Gasteiger partial charge in [-0.25, -0.2) is 0 Å². The van der Waals surface area contributed by atoms with Crippen molar-refractivity contribution in [3.05, 3.63) is 29.8 Å². The van der Waals surface area contributed by atoms with Gasteiger partial charge in [-0.15, -0.1) is 0 Å². The second-order valence-electron chi connectivity index (χ2n) is 4.06. The first-order valence-corrected chi connectivity index (χ1v) is 5.82. The van der Waals surface area contributed by atoms with Gasteiger partial charge in [-0.2, -0.15) is 5.26 Å². The first-order valence-electron chi connectivity index (χ1n) is 5.82. The molecule has 0 unspecified atom stereocenters. The summed E-state index contributed by atoms with van der Waals surface area (Å²) in [6.07, 6.45) is 1.46. The fourth-order valence-electron chi connectivity index (χ4n) is 2.00. The summed E-state index contributed by atoms with van der Waals surface area (Å²) in [5.74, 6) is 0. The monoisotopic (exact) mass is 215 g/mol. The van der Waals surface area contributed by atoms with Crippen LogP contribution in [0.15, 0.2) is 24.3 Å². The quantitative estimate of drug-likeness (QED) is 0.831. The number of aryl methyl sites for hydroxylation is 1. The number of piperazine rings is 1. The molecule has 0 radical (unpaired) electrons. The number of hydrogen-bond donors (Lipinski definition) is 1. The minimum absolute atomic E-state index is 0.604. The van der Waals surface area contributed by atoms with Gasteiger partial charge < -0.3 is 10.2 Å². The molecular weight excluding hydrogens is 198 g/mol. The fourth-order valence-corrected chi connectivity index (χ4v) is 2.00. The lowest BCUT2D eigenvalue weighted by Gasteiger charge is -2.29. The Hall–Kier alpha value is -1.53. The van der Waals surface area contributed by atoms with E-state index in [2.05, 4.69) is 40.6 Å². The number of rotatable bonds is 3. The predicted molar refractivity (Wildman–Crippen MR) is 65.5 cm³/mol. The molecule has 0 spiro atoms. The van der Waals surface area contributed by atoms with Gasteiger partial charge in [0.25, 0.3) is 0 Å². The molecule has 1 saturated heterocycles. The van der Waals surface area contributed by atoms with E-state index < -0.39 is 0 Å². The second kappa shape index (κ2) is 5.53. The number of nitrogens with one attached hydrogen (secondary N) is 1. The zero-order valence-corrected chi connectivity index (χ0v) is 9.45. The standard InChI is InChI=1S/C13H17N3/c14-7-1-2-12-3-5-13(6-4-12)16-10-8-15-9-11-16/h3-6,15H,1-2,8-11H2. The first-order chi connectivity index (χ1) is 7.90. The maximum absolute atomic E-state index is 8.52. The number of hydrogen-bond acceptors (Lipinski definition) is 3. The van der Waals surface area contributed by atoms with Gasteiger partial charge in [0, 0.05) is 38.3 Å². The number of anilines is 1. The van der Waals surface area contributed by atoms with E-state index in [1.54, 1.807) is 0 Å². The van der Waals surface area contributed by atoms with E-state index in [0.29, 0.717) is 6.42 Å². The molecule has 1 heterocycles. The highest BCUT2D eigenvalue weighted by Crippen LogP contribution is 2.16. The Morgan fingerprint density at radius 3 is 2.50 bits per heavy atom. The second-order valence-corrected chi connectivity index (χ2v) is 4.06. The van der Waals surface area contributed by atoms with Crippen LogP contribution in [0.25, 0.3) is 0 Å². The minimum atomic E-state index is 0.604. The molecule has 1 aliphatic heterocycles. The molecule has 1 aromatic carbocycles. The maximum Gasteiger partial charge on any atom is 0.0625 e. The van der Waals surface area contributed by atoms with Crippen molar-refractivity contribution in [2.24, 2.45) is 0 Å². The van der Waals surface area contributed by atoms with Crippen LogP contribution in [0.3, 0.4) is 0 Å². The van der Waals surface area contributed by atoms with E-state index in [1.165, 1.54) is 11.3 Å². The molecule has 1 N–H and O–H groups in total. The minimum Gasteiger partial charge on any atom is -0.369 e. The van der Waals surface area contributed by atoms with Gasteiger partial charge in [0.05, 0.1) is 6.07 Å². The fraction of sp³-hybridized carbons (Fsp3) is 0.462. The Morgan fingerprint density at radius 1 is 1.19 bits per heavy atom. The molecule has 1 aliphatic rings. The van der Waals surface area contributed by atoms with Crippen molar-refractivity contribution in [3.8, 4) is 6.07 Å². The van der Waals surface area contributed by atoms with Crippen LogP contribution in [0.2, 0.25) is 0 Å². The van der Waals surface area contributed by atoms with Crippen LogP contribution < -0.4 is 10.2 Å². The van der Waals surface area contributed by atoms with Crippen molar-refractivity contribution in [2.45, 2.75) is 12.8 Å². The van der Waals surface area contributed by atoms with Crippen LogP contribution in [0.5, 0.6) is 0 Å². The van der Waals surface area contributed by atoms with Crippen molar-refractivity contribution >= 4 is 5.69 Å². The topological polar surface area (TPSA) is 39.1 Å². The van der Waals surface area contributed by atoms with Crippen molar-refractivity contribution in [1.82, 2.24) is 5.32 Å². The molecule has 3 heteroatoms. The lowest BCUT2D eigenvalue weighted by atomic mass is 10.1. The summed E-state index contributed by atoms with van der Waals surface area (Å²) >= 11 is 0. The average Bonchev–Trinajstić information content (AvgIpc) is 2.38. The summed E-state index contributed by atoms with van der Waals surface area (Å²) in [6, 6.07) is 10.8. The van der Waals surface area contributed by atoms with Crippen LogP contribution in [0, 0.1) is 11.3 Å². The molecular formula is C13H17N3. The Balaban J connectivity index is 1.98. The molecule has 0 atom stereocenters. The molecule has 84 valence electrons. The molecule has 0 aromatic heterocycles. The molecule has 3 nitrogen and oxygen atoms in total. The van der Waals surface area contributed by atoms with Gasteiger partial charge in [0.15, 0.2) is 0 Å². The Labute approximate surface area is 96.7 Å². The largest absolute Gasteiger partial charge is 0.369 e. The van der Waals surface area contributed by atoms with Gasteiger partial charge in [-0.1, -0.05) is 12.1 Å². The van der Waals surface area contributed by atoms with Crippen LogP contribution in [-0.4, -0.2) is 26.2 Å². The van der Waals surface area contributed by atoms with E-state index in [0.717, 1.165) is 32.6 Å². The summed E-state index contributed by atoms with van der Waals surface area (Å²) in [6.45, 7) is 4.29.